The van der Waals surface area contributed by atoms with Crippen LogP contribution in [-0.2, 0) is 11.2 Å². The molecule has 9 heteroatoms. The zero-order chi connectivity index (χ0) is 17.9. The molecule has 0 unspecified atom stereocenters. The molecule has 1 aromatic carbocycles. The Morgan fingerprint density at radius 2 is 2.08 bits per heavy atom. The zero-order valence-corrected chi connectivity index (χ0v) is 12.9. The second-order valence-electron chi connectivity index (χ2n) is 5.39. The second kappa shape index (κ2) is 7.08. The number of fused-ring (bicyclic) bond motifs is 2. The van der Waals surface area contributed by atoms with Gasteiger partial charge in [0.2, 0.25) is 0 Å². The lowest BCUT2D eigenvalue weighted by atomic mass is 9.92. The van der Waals surface area contributed by atoms with Crippen molar-refractivity contribution in [3.8, 4) is 5.75 Å². The Hall–Kier alpha value is -2.29. The summed E-state index contributed by atoms with van der Waals surface area (Å²) < 4.78 is 36.9. The van der Waals surface area contributed by atoms with Crippen LogP contribution in [0.5, 0.6) is 5.75 Å². The van der Waals surface area contributed by atoms with Crippen LogP contribution in [0.4, 0.5) is 13.2 Å². The van der Waals surface area contributed by atoms with Crippen molar-refractivity contribution in [1.82, 2.24) is 10.2 Å². The molecule has 0 spiro atoms. The minimum Gasteiger partial charge on any atom is -0.497 e. The Morgan fingerprint density at radius 1 is 1.42 bits per heavy atom. The van der Waals surface area contributed by atoms with Crippen molar-refractivity contribution in [3.63, 3.8) is 0 Å². The number of aliphatic carboxylic acids is 1. The molecule has 24 heavy (non-hydrogen) atoms. The first kappa shape index (κ1) is 18.1. The highest BCUT2D eigenvalue weighted by Crippen LogP contribution is 2.27. The Labute approximate surface area is 136 Å². The summed E-state index contributed by atoms with van der Waals surface area (Å²) in [6.07, 6.45) is -4.14. The quantitative estimate of drug-likeness (QED) is 0.801. The third-order valence-corrected chi connectivity index (χ3v) is 3.86. The van der Waals surface area contributed by atoms with Crippen LogP contribution in [0.15, 0.2) is 18.2 Å². The summed E-state index contributed by atoms with van der Waals surface area (Å²) in [5.74, 6) is -1.85. The molecule has 2 aliphatic heterocycles. The molecule has 1 amide bonds. The summed E-state index contributed by atoms with van der Waals surface area (Å²) in [6.45, 7) is 2.60. The highest BCUT2D eigenvalue weighted by molar-refractivity contribution is 5.97. The highest BCUT2D eigenvalue weighted by atomic mass is 19.4. The summed E-state index contributed by atoms with van der Waals surface area (Å²) in [5, 5.41) is 10.5. The van der Waals surface area contributed by atoms with Crippen molar-refractivity contribution in [2.45, 2.75) is 18.6 Å². The molecule has 132 valence electrons. The van der Waals surface area contributed by atoms with Crippen molar-refractivity contribution in [2.75, 3.05) is 26.7 Å². The SMILES string of the molecule is COc1ccc2c(c1)C(=O)N1CCNC[C@H]1C2.O=C(O)C(F)(F)F. The lowest BCUT2D eigenvalue weighted by Crippen LogP contribution is -2.56. The minimum atomic E-state index is -5.08. The molecule has 2 N–H and O–H groups in total. The Morgan fingerprint density at radius 3 is 2.67 bits per heavy atom. The van der Waals surface area contributed by atoms with Gasteiger partial charge in [0.25, 0.3) is 5.91 Å². The number of benzene rings is 1. The average Bonchev–Trinajstić information content (AvgIpc) is 2.54. The topological polar surface area (TPSA) is 78.9 Å². The van der Waals surface area contributed by atoms with Crippen LogP contribution in [0, 0.1) is 0 Å². The molecular formula is C15H17F3N2O4. The summed E-state index contributed by atoms with van der Waals surface area (Å²) >= 11 is 0. The van der Waals surface area contributed by atoms with Crippen LogP contribution in [0.2, 0.25) is 0 Å². The molecule has 1 aromatic rings. The number of nitrogens with zero attached hydrogens (tertiary/aromatic N) is 1. The van der Waals surface area contributed by atoms with Gasteiger partial charge in [0.05, 0.1) is 7.11 Å². The van der Waals surface area contributed by atoms with Crippen molar-refractivity contribution >= 4 is 11.9 Å². The van der Waals surface area contributed by atoms with E-state index in [9.17, 15) is 18.0 Å². The van der Waals surface area contributed by atoms with Crippen LogP contribution in [0.1, 0.15) is 15.9 Å². The summed E-state index contributed by atoms with van der Waals surface area (Å²) in [5.41, 5.74) is 1.95. The summed E-state index contributed by atoms with van der Waals surface area (Å²) in [4.78, 5) is 23.2. The van der Waals surface area contributed by atoms with Gasteiger partial charge in [-0.05, 0) is 24.1 Å². The normalized spacial score (nSPS) is 19.6. The number of alkyl halides is 3. The second-order valence-corrected chi connectivity index (χ2v) is 5.39. The summed E-state index contributed by atoms with van der Waals surface area (Å²) in [6, 6.07) is 6.11. The summed E-state index contributed by atoms with van der Waals surface area (Å²) in [7, 11) is 1.63. The van der Waals surface area contributed by atoms with E-state index in [1.807, 2.05) is 23.1 Å². The number of carbonyl (C=O) groups is 2. The van der Waals surface area contributed by atoms with E-state index in [0.717, 1.165) is 42.9 Å². The fourth-order valence-corrected chi connectivity index (χ4v) is 2.68. The number of amides is 1. The maximum Gasteiger partial charge on any atom is 0.490 e. The smallest absolute Gasteiger partial charge is 0.490 e. The van der Waals surface area contributed by atoms with Gasteiger partial charge in [-0.3, -0.25) is 4.79 Å². The number of carbonyl (C=O) groups excluding carboxylic acids is 1. The van der Waals surface area contributed by atoms with Crippen LogP contribution in [-0.4, -0.2) is 60.8 Å². The number of rotatable bonds is 1. The van der Waals surface area contributed by atoms with Gasteiger partial charge in [-0.2, -0.15) is 13.2 Å². The number of methoxy groups -OCH3 is 1. The Bertz CT molecular complexity index is 634. The van der Waals surface area contributed by atoms with Crippen LogP contribution in [0.3, 0.4) is 0 Å². The molecule has 0 aromatic heterocycles. The van der Waals surface area contributed by atoms with E-state index in [2.05, 4.69) is 5.32 Å². The van der Waals surface area contributed by atoms with Gasteiger partial charge >= 0.3 is 12.1 Å². The van der Waals surface area contributed by atoms with Gasteiger partial charge in [0, 0.05) is 31.2 Å². The molecule has 0 radical (unpaired) electrons. The fourth-order valence-electron chi connectivity index (χ4n) is 2.68. The van der Waals surface area contributed by atoms with E-state index < -0.39 is 12.1 Å². The Kier molecular flexibility index (Phi) is 5.33. The molecule has 0 aliphatic carbocycles. The maximum atomic E-state index is 12.4. The van der Waals surface area contributed by atoms with E-state index in [1.54, 1.807) is 7.11 Å². The number of nitrogens with one attached hydrogen (secondary N) is 1. The number of piperazine rings is 1. The lowest BCUT2D eigenvalue weighted by molar-refractivity contribution is -0.192. The van der Waals surface area contributed by atoms with Crippen LogP contribution >= 0.6 is 0 Å². The number of carboxylic acids is 1. The molecule has 6 nitrogen and oxygen atoms in total. The molecule has 1 fully saturated rings. The van der Waals surface area contributed by atoms with Crippen LogP contribution in [0.25, 0.3) is 0 Å². The van der Waals surface area contributed by atoms with Gasteiger partial charge in [-0.1, -0.05) is 6.07 Å². The number of halogens is 3. The molecule has 2 aliphatic rings. The lowest BCUT2D eigenvalue weighted by Gasteiger charge is -2.40. The number of hydrogen-bond acceptors (Lipinski definition) is 4. The third kappa shape index (κ3) is 3.97. The van der Waals surface area contributed by atoms with Gasteiger partial charge < -0.3 is 20.1 Å². The number of ether oxygens (including phenoxy) is 1. The van der Waals surface area contributed by atoms with Gasteiger partial charge in [-0.25, -0.2) is 4.79 Å². The predicted molar refractivity (Wildman–Crippen MR) is 78.1 cm³/mol. The molecule has 2 heterocycles. The highest BCUT2D eigenvalue weighted by Gasteiger charge is 2.38. The molecule has 1 saturated heterocycles. The molecule has 0 saturated carbocycles. The molecule has 1 atom stereocenters. The van der Waals surface area contributed by atoms with Crippen LogP contribution < -0.4 is 10.1 Å². The standard InChI is InChI=1S/C13H16N2O2.C2HF3O2/c1-17-11-3-2-9-6-10-8-14-4-5-15(10)13(16)12(9)7-11;3-2(4,5)1(6)7/h2-3,7,10,14H,4-6,8H2,1H3;(H,6,7)/t10-;/m1./s1. The van der Waals surface area contributed by atoms with E-state index in [0.29, 0.717) is 6.04 Å². The van der Waals surface area contributed by atoms with Gasteiger partial charge in [0.15, 0.2) is 0 Å². The van der Waals surface area contributed by atoms with Gasteiger partial charge in [-0.15, -0.1) is 0 Å². The molecule has 0 bridgehead atoms. The molecular weight excluding hydrogens is 329 g/mol. The number of carboxylic acid groups (broad SMARTS) is 1. The van der Waals surface area contributed by atoms with E-state index in [1.165, 1.54) is 0 Å². The van der Waals surface area contributed by atoms with Crippen molar-refractivity contribution in [1.29, 1.82) is 0 Å². The maximum absolute atomic E-state index is 12.4. The fraction of sp³-hybridized carbons (Fsp3) is 0.467. The minimum absolute atomic E-state index is 0.150. The first-order valence-corrected chi connectivity index (χ1v) is 7.22. The van der Waals surface area contributed by atoms with Crippen molar-refractivity contribution in [2.24, 2.45) is 0 Å². The van der Waals surface area contributed by atoms with Crippen molar-refractivity contribution < 1.29 is 32.6 Å². The van der Waals surface area contributed by atoms with E-state index >= 15 is 0 Å². The zero-order valence-electron chi connectivity index (χ0n) is 12.9. The largest absolute Gasteiger partial charge is 0.497 e. The molecule has 3 rings (SSSR count). The Balaban J connectivity index is 0.000000256. The third-order valence-electron chi connectivity index (χ3n) is 3.86. The predicted octanol–water partition coefficient (Wildman–Crippen LogP) is 1.30. The number of hydrogen-bond donors (Lipinski definition) is 2. The first-order chi connectivity index (χ1) is 11.2. The van der Waals surface area contributed by atoms with Gasteiger partial charge in [0.1, 0.15) is 5.75 Å². The average molecular weight is 346 g/mol. The monoisotopic (exact) mass is 346 g/mol. The first-order valence-electron chi connectivity index (χ1n) is 7.22. The van der Waals surface area contributed by atoms with E-state index in [-0.39, 0.29) is 5.91 Å². The van der Waals surface area contributed by atoms with E-state index in [4.69, 9.17) is 14.6 Å². The van der Waals surface area contributed by atoms with Crippen molar-refractivity contribution in [3.05, 3.63) is 29.3 Å².